The van der Waals surface area contributed by atoms with Gasteiger partial charge in [-0.3, -0.25) is 19.3 Å². The molecule has 2 aliphatic heterocycles. The molecule has 3 rings (SSSR count). The lowest BCUT2D eigenvalue weighted by Crippen LogP contribution is -2.60. The van der Waals surface area contributed by atoms with Gasteiger partial charge in [0, 0.05) is 12.6 Å². The van der Waals surface area contributed by atoms with Crippen molar-refractivity contribution in [2.45, 2.75) is 13.0 Å². The molecule has 0 saturated carbocycles. The van der Waals surface area contributed by atoms with Gasteiger partial charge in [-0.15, -0.1) is 0 Å². The standard InChI is InChI=1S/C13H12N2O3/c1-7-10(11(16)14-7)6-15-12(17)8-4-2-3-5-9(8)13(15)18/h2-5,7,10H,6H2,1H3,(H,14,16)/t7-,10-/m1/s1. The third-order valence-electron chi connectivity index (χ3n) is 3.57. The summed E-state index contributed by atoms with van der Waals surface area (Å²) in [6.07, 6.45) is 0. The minimum absolute atomic E-state index is 0.0156. The van der Waals surface area contributed by atoms with Crippen LogP contribution in [0.5, 0.6) is 0 Å². The third-order valence-corrected chi connectivity index (χ3v) is 3.57. The van der Waals surface area contributed by atoms with Crippen molar-refractivity contribution < 1.29 is 14.4 Å². The number of benzene rings is 1. The smallest absolute Gasteiger partial charge is 0.261 e. The average molecular weight is 244 g/mol. The largest absolute Gasteiger partial charge is 0.352 e. The van der Waals surface area contributed by atoms with E-state index in [2.05, 4.69) is 5.32 Å². The number of rotatable bonds is 2. The number of fused-ring (bicyclic) bond motifs is 1. The van der Waals surface area contributed by atoms with E-state index in [1.807, 2.05) is 6.92 Å². The van der Waals surface area contributed by atoms with Crippen molar-refractivity contribution >= 4 is 17.7 Å². The quantitative estimate of drug-likeness (QED) is 0.605. The fourth-order valence-electron chi connectivity index (χ4n) is 2.41. The van der Waals surface area contributed by atoms with Crippen molar-refractivity contribution in [3.8, 4) is 0 Å². The summed E-state index contributed by atoms with van der Waals surface area (Å²) in [5, 5.41) is 2.69. The summed E-state index contributed by atoms with van der Waals surface area (Å²) in [6, 6.07) is 6.75. The molecule has 92 valence electrons. The highest BCUT2D eigenvalue weighted by Gasteiger charge is 2.43. The first-order chi connectivity index (χ1) is 8.59. The maximum Gasteiger partial charge on any atom is 0.261 e. The Bertz CT molecular complexity index is 532. The summed E-state index contributed by atoms with van der Waals surface area (Å²) in [6.45, 7) is 2.03. The maximum atomic E-state index is 12.1. The van der Waals surface area contributed by atoms with E-state index in [-0.39, 0.29) is 36.2 Å². The van der Waals surface area contributed by atoms with Crippen LogP contribution in [-0.2, 0) is 4.79 Å². The van der Waals surface area contributed by atoms with Crippen LogP contribution in [0.4, 0.5) is 0 Å². The molecule has 1 saturated heterocycles. The lowest BCUT2D eigenvalue weighted by Gasteiger charge is -2.35. The summed E-state index contributed by atoms with van der Waals surface area (Å²) >= 11 is 0. The fourth-order valence-corrected chi connectivity index (χ4v) is 2.41. The molecule has 0 radical (unpaired) electrons. The zero-order chi connectivity index (χ0) is 12.9. The van der Waals surface area contributed by atoms with E-state index in [0.717, 1.165) is 0 Å². The predicted octanol–water partition coefficient (Wildman–Crippen LogP) is 0.417. The second kappa shape index (κ2) is 3.66. The molecule has 3 amide bonds. The molecule has 2 aliphatic rings. The van der Waals surface area contributed by atoms with Crippen molar-refractivity contribution in [1.82, 2.24) is 10.2 Å². The average Bonchev–Trinajstić information content (AvgIpc) is 2.61. The number of nitrogens with zero attached hydrogens (tertiary/aromatic N) is 1. The van der Waals surface area contributed by atoms with Crippen LogP contribution >= 0.6 is 0 Å². The molecule has 0 bridgehead atoms. The van der Waals surface area contributed by atoms with Gasteiger partial charge in [0.2, 0.25) is 5.91 Å². The van der Waals surface area contributed by atoms with Gasteiger partial charge in [-0.1, -0.05) is 12.1 Å². The van der Waals surface area contributed by atoms with E-state index in [1.165, 1.54) is 4.90 Å². The molecule has 5 heteroatoms. The van der Waals surface area contributed by atoms with E-state index >= 15 is 0 Å². The molecular weight excluding hydrogens is 232 g/mol. The highest BCUT2D eigenvalue weighted by atomic mass is 16.2. The lowest BCUT2D eigenvalue weighted by molar-refractivity contribution is -0.134. The van der Waals surface area contributed by atoms with Crippen molar-refractivity contribution in [2.24, 2.45) is 5.92 Å². The van der Waals surface area contributed by atoms with Gasteiger partial charge >= 0.3 is 0 Å². The predicted molar refractivity (Wildman–Crippen MR) is 62.9 cm³/mol. The molecule has 0 spiro atoms. The lowest BCUT2D eigenvalue weighted by atomic mass is 9.91. The molecule has 2 atom stereocenters. The van der Waals surface area contributed by atoms with E-state index in [9.17, 15) is 14.4 Å². The Balaban J connectivity index is 1.86. The van der Waals surface area contributed by atoms with Gasteiger partial charge in [-0.25, -0.2) is 0 Å². The molecule has 0 aliphatic carbocycles. The van der Waals surface area contributed by atoms with Crippen molar-refractivity contribution in [1.29, 1.82) is 0 Å². The van der Waals surface area contributed by atoms with Crippen LogP contribution in [0.2, 0.25) is 0 Å². The molecule has 0 unspecified atom stereocenters. The van der Waals surface area contributed by atoms with Gasteiger partial charge in [-0.2, -0.15) is 0 Å². The van der Waals surface area contributed by atoms with Gasteiger partial charge in [0.05, 0.1) is 17.0 Å². The molecular formula is C13H12N2O3. The zero-order valence-electron chi connectivity index (χ0n) is 9.84. The van der Waals surface area contributed by atoms with Crippen molar-refractivity contribution in [3.63, 3.8) is 0 Å². The normalized spacial score (nSPS) is 25.8. The first kappa shape index (κ1) is 11.0. The molecule has 5 nitrogen and oxygen atoms in total. The number of imide groups is 1. The number of carbonyl (C=O) groups excluding carboxylic acids is 3. The second-order valence-electron chi connectivity index (χ2n) is 4.67. The third kappa shape index (κ3) is 1.37. The first-order valence-electron chi connectivity index (χ1n) is 5.85. The van der Waals surface area contributed by atoms with Gasteiger partial charge in [0.15, 0.2) is 0 Å². The molecule has 18 heavy (non-hydrogen) atoms. The Morgan fingerprint density at radius 2 is 1.67 bits per heavy atom. The van der Waals surface area contributed by atoms with Gasteiger partial charge in [0.1, 0.15) is 0 Å². The molecule has 1 aromatic rings. The van der Waals surface area contributed by atoms with Crippen molar-refractivity contribution in [2.75, 3.05) is 6.54 Å². The highest BCUT2D eigenvalue weighted by molar-refractivity contribution is 6.21. The van der Waals surface area contributed by atoms with Crippen molar-refractivity contribution in [3.05, 3.63) is 35.4 Å². The summed E-state index contributed by atoms with van der Waals surface area (Å²) in [5.41, 5.74) is 0.852. The summed E-state index contributed by atoms with van der Waals surface area (Å²) < 4.78 is 0. The number of amides is 3. The Hall–Kier alpha value is -2.17. The number of β-lactam (4-membered cyclic amide) rings is 1. The molecule has 1 aromatic carbocycles. The van der Waals surface area contributed by atoms with Crippen LogP contribution in [0, 0.1) is 5.92 Å². The van der Waals surface area contributed by atoms with Crippen LogP contribution in [0.1, 0.15) is 27.6 Å². The molecule has 1 fully saturated rings. The second-order valence-corrected chi connectivity index (χ2v) is 4.67. The van der Waals surface area contributed by atoms with Gasteiger partial charge < -0.3 is 5.32 Å². The first-order valence-corrected chi connectivity index (χ1v) is 5.85. The maximum absolute atomic E-state index is 12.1. The highest BCUT2D eigenvalue weighted by Crippen LogP contribution is 2.25. The van der Waals surface area contributed by atoms with Crippen LogP contribution in [0.15, 0.2) is 24.3 Å². The summed E-state index contributed by atoms with van der Waals surface area (Å²) in [7, 11) is 0. The minimum atomic E-state index is -0.303. The summed E-state index contributed by atoms with van der Waals surface area (Å²) in [4.78, 5) is 36.7. The Labute approximate surface area is 104 Å². The van der Waals surface area contributed by atoms with Gasteiger partial charge in [-0.05, 0) is 19.1 Å². The number of hydrogen-bond donors (Lipinski definition) is 1. The fraction of sp³-hybridized carbons (Fsp3) is 0.308. The van der Waals surface area contributed by atoms with E-state index in [1.54, 1.807) is 24.3 Å². The minimum Gasteiger partial charge on any atom is -0.352 e. The van der Waals surface area contributed by atoms with E-state index in [0.29, 0.717) is 11.1 Å². The Kier molecular flexibility index (Phi) is 2.23. The van der Waals surface area contributed by atoms with Crippen LogP contribution in [0.3, 0.4) is 0 Å². The molecule has 1 N–H and O–H groups in total. The molecule has 2 heterocycles. The zero-order valence-corrected chi connectivity index (χ0v) is 9.84. The van der Waals surface area contributed by atoms with Crippen LogP contribution < -0.4 is 5.32 Å². The number of nitrogens with one attached hydrogen (secondary N) is 1. The number of hydrogen-bond acceptors (Lipinski definition) is 3. The van der Waals surface area contributed by atoms with E-state index in [4.69, 9.17) is 0 Å². The summed E-state index contributed by atoms with van der Waals surface area (Å²) in [5.74, 6) is -0.990. The topological polar surface area (TPSA) is 66.5 Å². The monoisotopic (exact) mass is 244 g/mol. The Morgan fingerprint density at radius 1 is 1.11 bits per heavy atom. The van der Waals surface area contributed by atoms with Crippen LogP contribution in [-0.4, -0.2) is 35.2 Å². The van der Waals surface area contributed by atoms with Crippen LogP contribution in [0.25, 0.3) is 0 Å². The van der Waals surface area contributed by atoms with E-state index < -0.39 is 0 Å². The molecule has 0 aromatic heterocycles. The number of carbonyl (C=O) groups is 3. The van der Waals surface area contributed by atoms with Gasteiger partial charge in [0.25, 0.3) is 11.8 Å². The SMILES string of the molecule is C[C@H]1NC(=O)[C@@H]1CN1C(=O)c2ccccc2C1=O. The Morgan fingerprint density at radius 3 is 2.11 bits per heavy atom.